The van der Waals surface area contributed by atoms with E-state index in [1.165, 1.54) is 23.5 Å². The molecule has 0 bridgehead atoms. The third-order valence-electron chi connectivity index (χ3n) is 3.47. The van der Waals surface area contributed by atoms with Crippen molar-refractivity contribution in [2.45, 2.75) is 0 Å². The van der Waals surface area contributed by atoms with Crippen LogP contribution in [0.2, 0.25) is 0 Å². The molecule has 0 saturated carbocycles. The molecule has 0 radical (unpaired) electrons. The highest BCUT2D eigenvalue weighted by Gasteiger charge is 2.11. The van der Waals surface area contributed by atoms with Gasteiger partial charge in [-0.05, 0) is 45.8 Å². The topological polar surface area (TPSA) is 74.5 Å². The van der Waals surface area contributed by atoms with Crippen LogP contribution in [0.1, 0.15) is 10.6 Å². The lowest BCUT2D eigenvalue weighted by Crippen LogP contribution is -1.92. The Morgan fingerprint density at radius 2 is 2.00 bits per heavy atom. The fourth-order valence-electron chi connectivity index (χ4n) is 2.32. The minimum Gasteiger partial charge on any atom is -0.493 e. The molecule has 0 saturated heterocycles. The Labute approximate surface area is 156 Å². The molecule has 1 heterocycles. The molecule has 0 aliphatic rings. The predicted molar refractivity (Wildman–Crippen MR) is 102 cm³/mol. The van der Waals surface area contributed by atoms with E-state index < -0.39 is 4.92 Å². The highest BCUT2D eigenvalue weighted by atomic mass is 79.9. The van der Waals surface area contributed by atoms with Crippen LogP contribution in [0.15, 0.2) is 34.8 Å². The second-order valence-electron chi connectivity index (χ2n) is 5.03. The maximum absolute atomic E-state index is 10.8. The molecule has 0 unspecified atom stereocenters. The van der Waals surface area contributed by atoms with Gasteiger partial charge < -0.3 is 9.47 Å². The van der Waals surface area contributed by atoms with E-state index in [4.69, 9.17) is 9.47 Å². The third kappa shape index (κ3) is 3.64. The van der Waals surface area contributed by atoms with E-state index in [9.17, 15) is 10.1 Å². The van der Waals surface area contributed by atoms with Crippen molar-refractivity contribution >= 4 is 55.3 Å². The molecule has 1 aromatic heterocycles. The Kier molecular flexibility index (Phi) is 5.00. The zero-order valence-electron chi connectivity index (χ0n) is 13.4. The van der Waals surface area contributed by atoms with Gasteiger partial charge in [-0.3, -0.25) is 10.1 Å². The van der Waals surface area contributed by atoms with Crippen molar-refractivity contribution in [1.29, 1.82) is 0 Å². The zero-order valence-corrected chi connectivity index (χ0v) is 15.8. The van der Waals surface area contributed by atoms with E-state index in [0.717, 1.165) is 19.7 Å². The average Bonchev–Trinajstić information content (AvgIpc) is 3.01. The number of hydrogen-bond acceptors (Lipinski definition) is 6. The molecule has 8 heteroatoms. The van der Waals surface area contributed by atoms with Crippen LogP contribution >= 0.6 is 27.3 Å². The standard InChI is InChI=1S/C17H13BrN2O4S/c1-23-14-8-10(7-12(18)17(14)24-2)3-6-16-19-13-9-11(20(21)22)4-5-15(13)25-16/h3-9H,1-2H3/b6-3+. The van der Waals surface area contributed by atoms with Gasteiger partial charge in [0.05, 0.1) is 33.8 Å². The van der Waals surface area contributed by atoms with Gasteiger partial charge in [0.15, 0.2) is 11.5 Å². The van der Waals surface area contributed by atoms with Crippen LogP contribution in [0.3, 0.4) is 0 Å². The summed E-state index contributed by atoms with van der Waals surface area (Å²) in [5, 5.41) is 11.6. The monoisotopic (exact) mass is 420 g/mol. The Balaban J connectivity index is 1.93. The van der Waals surface area contributed by atoms with Crippen LogP contribution in [-0.4, -0.2) is 24.1 Å². The zero-order chi connectivity index (χ0) is 18.0. The quantitative estimate of drug-likeness (QED) is 0.421. The maximum Gasteiger partial charge on any atom is 0.271 e. The largest absolute Gasteiger partial charge is 0.493 e. The first-order chi connectivity index (χ1) is 12.0. The van der Waals surface area contributed by atoms with Crippen molar-refractivity contribution in [3.8, 4) is 11.5 Å². The minimum atomic E-state index is -0.421. The SMILES string of the molecule is COc1cc(/C=C/c2nc3cc([N+](=O)[O-])ccc3s2)cc(Br)c1OC. The van der Waals surface area contributed by atoms with Crippen LogP contribution in [0, 0.1) is 10.1 Å². The highest BCUT2D eigenvalue weighted by Crippen LogP contribution is 2.37. The summed E-state index contributed by atoms with van der Waals surface area (Å²) in [5.74, 6) is 1.25. The second-order valence-corrected chi connectivity index (χ2v) is 6.95. The molecule has 128 valence electrons. The van der Waals surface area contributed by atoms with Crippen LogP contribution in [-0.2, 0) is 0 Å². The lowest BCUT2D eigenvalue weighted by atomic mass is 10.2. The molecule has 3 rings (SSSR count). The molecule has 3 aromatic rings. The van der Waals surface area contributed by atoms with Crippen molar-refractivity contribution < 1.29 is 14.4 Å². The maximum atomic E-state index is 10.8. The number of nitrogens with zero attached hydrogens (tertiary/aromatic N) is 2. The van der Waals surface area contributed by atoms with Crippen molar-refractivity contribution in [2.75, 3.05) is 14.2 Å². The molecule has 0 aliphatic heterocycles. The first-order valence-corrected chi connectivity index (χ1v) is 8.77. The number of fused-ring (bicyclic) bond motifs is 1. The normalized spacial score (nSPS) is 11.2. The molecule has 6 nitrogen and oxygen atoms in total. The van der Waals surface area contributed by atoms with Gasteiger partial charge in [0.1, 0.15) is 5.01 Å². The minimum absolute atomic E-state index is 0.0390. The fraction of sp³-hybridized carbons (Fsp3) is 0.118. The summed E-state index contributed by atoms with van der Waals surface area (Å²) in [6, 6.07) is 8.46. The van der Waals surface area contributed by atoms with Gasteiger partial charge in [-0.2, -0.15) is 0 Å². The Morgan fingerprint density at radius 3 is 2.68 bits per heavy atom. The van der Waals surface area contributed by atoms with Crippen LogP contribution in [0.5, 0.6) is 11.5 Å². The van der Waals surface area contributed by atoms with Crippen molar-refractivity contribution in [3.63, 3.8) is 0 Å². The summed E-state index contributed by atoms with van der Waals surface area (Å²) in [5.41, 5.74) is 1.57. The smallest absolute Gasteiger partial charge is 0.271 e. The van der Waals surface area contributed by atoms with Gasteiger partial charge in [0.25, 0.3) is 5.69 Å². The molecule has 0 spiro atoms. The number of halogens is 1. The first kappa shape index (κ1) is 17.4. The lowest BCUT2D eigenvalue weighted by Gasteiger charge is -2.10. The molecule has 0 aliphatic carbocycles. The van der Waals surface area contributed by atoms with E-state index in [1.54, 1.807) is 20.3 Å². The van der Waals surface area contributed by atoms with E-state index in [-0.39, 0.29) is 5.69 Å². The highest BCUT2D eigenvalue weighted by molar-refractivity contribution is 9.10. The lowest BCUT2D eigenvalue weighted by molar-refractivity contribution is -0.384. The number of non-ortho nitro benzene ring substituents is 1. The number of aromatic nitrogens is 1. The summed E-state index contributed by atoms with van der Waals surface area (Å²) < 4.78 is 12.3. The average molecular weight is 421 g/mol. The van der Waals surface area contributed by atoms with Crippen LogP contribution in [0.4, 0.5) is 5.69 Å². The number of rotatable bonds is 5. The van der Waals surface area contributed by atoms with Gasteiger partial charge in [0, 0.05) is 12.1 Å². The van der Waals surface area contributed by atoms with Crippen LogP contribution in [0.25, 0.3) is 22.4 Å². The molecule has 0 amide bonds. The van der Waals surface area contributed by atoms with E-state index >= 15 is 0 Å². The van der Waals surface area contributed by atoms with Crippen LogP contribution < -0.4 is 9.47 Å². The Hall–Kier alpha value is -2.45. The molecule has 2 aromatic carbocycles. The fourth-order valence-corrected chi connectivity index (χ4v) is 3.79. The van der Waals surface area contributed by atoms with E-state index in [0.29, 0.717) is 17.0 Å². The number of thiazole rings is 1. The van der Waals surface area contributed by atoms with Crippen molar-refractivity contribution in [3.05, 3.63) is 55.5 Å². The molecule has 0 atom stereocenters. The Bertz CT molecular complexity index is 984. The number of nitro benzene ring substituents is 1. The van der Waals surface area contributed by atoms with E-state index in [2.05, 4.69) is 20.9 Å². The molecular formula is C17H13BrN2O4S. The molecule has 0 N–H and O–H groups in total. The molecular weight excluding hydrogens is 408 g/mol. The number of nitro groups is 1. The third-order valence-corrected chi connectivity index (χ3v) is 5.06. The molecule has 25 heavy (non-hydrogen) atoms. The van der Waals surface area contributed by atoms with E-state index in [1.807, 2.05) is 24.3 Å². The van der Waals surface area contributed by atoms with Crippen molar-refractivity contribution in [2.24, 2.45) is 0 Å². The van der Waals surface area contributed by atoms with Gasteiger partial charge in [-0.15, -0.1) is 11.3 Å². The van der Waals surface area contributed by atoms with Gasteiger partial charge in [-0.25, -0.2) is 4.98 Å². The Morgan fingerprint density at radius 1 is 1.20 bits per heavy atom. The number of methoxy groups -OCH3 is 2. The summed E-state index contributed by atoms with van der Waals surface area (Å²) >= 11 is 4.93. The van der Waals surface area contributed by atoms with Gasteiger partial charge in [-0.1, -0.05) is 6.08 Å². The summed E-state index contributed by atoms with van der Waals surface area (Å²) in [7, 11) is 3.16. The number of ether oxygens (including phenoxy) is 2. The summed E-state index contributed by atoms with van der Waals surface area (Å²) in [4.78, 5) is 14.9. The van der Waals surface area contributed by atoms with Crippen molar-refractivity contribution in [1.82, 2.24) is 4.98 Å². The number of benzene rings is 2. The summed E-state index contributed by atoms with van der Waals surface area (Å²) in [6.45, 7) is 0. The number of hydrogen-bond donors (Lipinski definition) is 0. The first-order valence-electron chi connectivity index (χ1n) is 7.16. The molecule has 0 fully saturated rings. The predicted octanol–water partition coefficient (Wildman–Crippen LogP) is 5.15. The van der Waals surface area contributed by atoms with Gasteiger partial charge in [0.2, 0.25) is 0 Å². The van der Waals surface area contributed by atoms with Gasteiger partial charge >= 0.3 is 0 Å². The second kappa shape index (κ2) is 7.20. The summed E-state index contributed by atoms with van der Waals surface area (Å²) in [6.07, 6.45) is 3.77.